The zero-order valence-electron chi connectivity index (χ0n) is 15.3. The fourth-order valence-corrected chi connectivity index (χ4v) is 3.49. The van der Waals surface area contributed by atoms with E-state index in [0.717, 1.165) is 0 Å². The molecule has 2 aromatic carbocycles. The third-order valence-corrected chi connectivity index (χ3v) is 4.82. The van der Waals surface area contributed by atoms with Gasteiger partial charge in [-0.2, -0.15) is 5.10 Å². The molecule has 3 aromatic rings. The molecule has 1 aliphatic heterocycles. The summed E-state index contributed by atoms with van der Waals surface area (Å²) in [5.74, 6) is -2.67. The van der Waals surface area contributed by atoms with Gasteiger partial charge in [0.1, 0.15) is 35.9 Å². The highest BCUT2D eigenvalue weighted by molar-refractivity contribution is 5.94. The van der Waals surface area contributed by atoms with E-state index in [9.17, 15) is 23.7 Å². The molecule has 8 nitrogen and oxygen atoms in total. The van der Waals surface area contributed by atoms with Crippen LogP contribution in [0.3, 0.4) is 0 Å². The van der Waals surface area contributed by atoms with Crippen LogP contribution in [0.5, 0.6) is 0 Å². The second kappa shape index (κ2) is 6.43. The highest BCUT2D eigenvalue weighted by Crippen LogP contribution is 2.39. The number of esters is 1. The molecule has 0 bridgehead atoms. The average molecular weight is 400 g/mol. The number of nitro groups is 1. The van der Waals surface area contributed by atoms with E-state index in [1.165, 1.54) is 29.5 Å². The fourth-order valence-electron chi connectivity index (χ4n) is 3.49. The third-order valence-electron chi connectivity index (χ3n) is 4.82. The molecule has 1 atom stereocenters. The van der Waals surface area contributed by atoms with Gasteiger partial charge in [-0.05, 0) is 31.5 Å². The van der Waals surface area contributed by atoms with Gasteiger partial charge in [0.15, 0.2) is 0 Å². The molecule has 1 aromatic heterocycles. The number of hydrogen-bond acceptors (Lipinski definition) is 6. The monoisotopic (exact) mass is 400 g/mol. The normalized spacial score (nSPS) is 15.7. The van der Waals surface area contributed by atoms with Crippen LogP contribution in [0.25, 0.3) is 0 Å². The molecule has 0 saturated heterocycles. The largest absolute Gasteiger partial charge is 0.451 e. The first kappa shape index (κ1) is 18.7. The molecule has 0 saturated carbocycles. The van der Waals surface area contributed by atoms with E-state index in [4.69, 9.17) is 4.74 Å². The molecule has 4 rings (SSSR count). The molecule has 1 aliphatic rings. The molecule has 0 radical (unpaired) electrons. The van der Waals surface area contributed by atoms with Gasteiger partial charge in [0, 0.05) is 5.56 Å². The molecular weight excluding hydrogens is 386 g/mol. The van der Waals surface area contributed by atoms with Crippen molar-refractivity contribution in [1.29, 1.82) is 0 Å². The maximum Gasteiger partial charge on any atom is 0.339 e. The number of carbonyl (C=O) groups is 1. The van der Waals surface area contributed by atoms with Crippen LogP contribution < -0.4 is 0 Å². The Balaban J connectivity index is 1.93. The molecule has 0 aliphatic carbocycles. The molecule has 0 unspecified atom stereocenters. The number of fused-ring (bicyclic) bond motifs is 1. The summed E-state index contributed by atoms with van der Waals surface area (Å²) < 4.78 is 36.2. The molecule has 2 heterocycles. The highest BCUT2D eigenvalue weighted by atomic mass is 19.1. The van der Waals surface area contributed by atoms with Crippen LogP contribution in [0.1, 0.15) is 46.9 Å². The van der Waals surface area contributed by atoms with Crippen LogP contribution >= 0.6 is 0 Å². The Morgan fingerprint density at radius 1 is 1.21 bits per heavy atom. The van der Waals surface area contributed by atoms with Gasteiger partial charge in [-0.15, -0.1) is 0 Å². The van der Waals surface area contributed by atoms with Crippen LogP contribution in [0.2, 0.25) is 0 Å². The molecular formula is C19H14F2N4O4. The summed E-state index contributed by atoms with van der Waals surface area (Å²) in [7, 11) is 0. The molecule has 0 N–H and O–H groups in total. The number of hydrogen-bond donors (Lipinski definition) is 0. The highest BCUT2D eigenvalue weighted by Gasteiger charge is 2.39. The van der Waals surface area contributed by atoms with Gasteiger partial charge in [-0.3, -0.25) is 10.1 Å². The van der Waals surface area contributed by atoms with Crippen LogP contribution in [0.4, 0.5) is 14.5 Å². The second-order valence-corrected chi connectivity index (χ2v) is 7.06. The summed E-state index contributed by atoms with van der Waals surface area (Å²) in [4.78, 5) is 25.9. The van der Waals surface area contributed by atoms with Crippen molar-refractivity contribution in [2.24, 2.45) is 0 Å². The zero-order chi connectivity index (χ0) is 20.9. The van der Waals surface area contributed by atoms with Crippen molar-refractivity contribution >= 4 is 11.7 Å². The fraction of sp³-hybridized carbons (Fsp3) is 0.211. The average Bonchev–Trinajstić information content (AvgIpc) is 3.24. The van der Waals surface area contributed by atoms with E-state index in [2.05, 4.69) is 10.1 Å². The van der Waals surface area contributed by atoms with Crippen molar-refractivity contribution in [2.45, 2.75) is 25.5 Å². The first-order valence-corrected chi connectivity index (χ1v) is 8.54. The van der Waals surface area contributed by atoms with E-state index in [0.29, 0.717) is 28.8 Å². The minimum atomic E-state index is -1.10. The number of nitro benzene ring substituents is 1. The van der Waals surface area contributed by atoms with Gasteiger partial charge in [-0.25, -0.2) is 23.2 Å². The molecule has 0 fully saturated rings. The molecule has 10 heteroatoms. The predicted molar refractivity (Wildman–Crippen MR) is 95.2 cm³/mol. The summed E-state index contributed by atoms with van der Waals surface area (Å²) in [6.45, 7) is 3.41. The first-order valence-electron chi connectivity index (χ1n) is 8.54. The van der Waals surface area contributed by atoms with E-state index < -0.39 is 45.4 Å². The lowest BCUT2D eigenvalue weighted by atomic mass is 9.90. The van der Waals surface area contributed by atoms with E-state index in [-0.39, 0.29) is 0 Å². The van der Waals surface area contributed by atoms with Crippen molar-refractivity contribution < 1.29 is 23.2 Å². The van der Waals surface area contributed by atoms with Crippen molar-refractivity contribution in [2.75, 3.05) is 0 Å². The Kier molecular flexibility index (Phi) is 4.14. The third kappa shape index (κ3) is 3.02. The standard InChI is InChI=1S/C19H14F2N4O4/c1-19(2)13-5-10(3-4-12(13)18(26)29-19)17(24-9-22-8-23-24)16-14(20)6-11(25(27)28)7-15(16)21/h3-9,17H,1-2H3/t17-/m0/s1. The van der Waals surface area contributed by atoms with Gasteiger partial charge in [0.25, 0.3) is 5.69 Å². The van der Waals surface area contributed by atoms with Crippen molar-refractivity contribution in [3.8, 4) is 0 Å². The number of non-ortho nitro benzene ring substituents is 1. The van der Waals surface area contributed by atoms with Gasteiger partial charge in [0.05, 0.1) is 28.2 Å². The Bertz CT molecular complexity index is 1120. The van der Waals surface area contributed by atoms with E-state index in [1.54, 1.807) is 19.9 Å². The number of nitrogens with zero attached hydrogens (tertiary/aromatic N) is 4. The van der Waals surface area contributed by atoms with E-state index in [1.807, 2.05) is 0 Å². The number of ether oxygens (including phenoxy) is 1. The van der Waals surface area contributed by atoms with Crippen LogP contribution in [-0.2, 0) is 10.3 Å². The quantitative estimate of drug-likeness (QED) is 0.377. The predicted octanol–water partition coefficient (Wildman–Crippen LogP) is 3.51. The number of halogens is 2. The zero-order valence-corrected chi connectivity index (χ0v) is 15.3. The number of benzene rings is 2. The molecule has 0 spiro atoms. The van der Waals surface area contributed by atoms with Crippen LogP contribution in [0.15, 0.2) is 43.0 Å². The Labute approximate surface area is 162 Å². The van der Waals surface area contributed by atoms with E-state index >= 15 is 0 Å². The first-order chi connectivity index (χ1) is 13.7. The minimum absolute atomic E-state index is 0.362. The Hall–Kier alpha value is -3.69. The lowest BCUT2D eigenvalue weighted by molar-refractivity contribution is -0.385. The number of cyclic esters (lactones) is 1. The van der Waals surface area contributed by atoms with Crippen molar-refractivity contribution in [3.05, 3.63) is 87.0 Å². The molecule has 29 heavy (non-hydrogen) atoms. The van der Waals surface area contributed by atoms with Gasteiger partial charge < -0.3 is 4.74 Å². The molecule has 148 valence electrons. The van der Waals surface area contributed by atoms with Crippen molar-refractivity contribution in [3.63, 3.8) is 0 Å². The summed E-state index contributed by atoms with van der Waals surface area (Å²) in [5.41, 5.74) is -0.706. The summed E-state index contributed by atoms with van der Waals surface area (Å²) in [5, 5.41) is 14.9. The number of rotatable bonds is 4. The van der Waals surface area contributed by atoms with Crippen molar-refractivity contribution in [1.82, 2.24) is 14.8 Å². The van der Waals surface area contributed by atoms with Gasteiger partial charge in [-0.1, -0.05) is 6.07 Å². The summed E-state index contributed by atoms with van der Waals surface area (Å²) in [6, 6.07) is 4.89. The lowest BCUT2D eigenvalue weighted by Crippen LogP contribution is -2.19. The maximum absolute atomic E-state index is 14.8. The Morgan fingerprint density at radius 2 is 1.90 bits per heavy atom. The summed E-state index contributed by atoms with van der Waals surface area (Å²) in [6.07, 6.45) is 2.49. The second-order valence-electron chi connectivity index (χ2n) is 7.06. The van der Waals surface area contributed by atoms with Gasteiger partial charge >= 0.3 is 5.97 Å². The Morgan fingerprint density at radius 3 is 2.48 bits per heavy atom. The van der Waals surface area contributed by atoms with Gasteiger partial charge in [0.2, 0.25) is 0 Å². The molecule has 0 amide bonds. The number of carbonyl (C=O) groups excluding carboxylic acids is 1. The van der Waals surface area contributed by atoms with Crippen LogP contribution in [-0.4, -0.2) is 25.7 Å². The maximum atomic E-state index is 14.8. The minimum Gasteiger partial charge on any atom is -0.451 e. The van der Waals surface area contributed by atoms with Crippen LogP contribution in [0, 0.1) is 21.7 Å². The number of aromatic nitrogens is 3. The topological polar surface area (TPSA) is 100 Å². The SMILES string of the molecule is CC1(C)OC(=O)c2ccc([C@@H](c3c(F)cc([N+](=O)[O-])cc3F)n3cncn3)cc21. The summed E-state index contributed by atoms with van der Waals surface area (Å²) >= 11 is 0. The smallest absolute Gasteiger partial charge is 0.339 e. The lowest BCUT2D eigenvalue weighted by Gasteiger charge is -2.22.